The minimum Gasteiger partial charge on any atom is -0.489 e. The zero-order valence-electron chi connectivity index (χ0n) is 24.9. The van der Waals surface area contributed by atoms with Crippen LogP contribution in [0.4, 0.5) is 4.39 Å². The number of halogens is 2. The van der Waals surface area contributed by atoms with Crippen LogP contribution in [0.25, 0.3) is 16.8 Å². The molecular formula is C33H33ClFN5O5. The number of pyridine rings is 2. The average Bonchev–Trinajstić information content (AvgIpc) is 3.66. The molecule has 3 aliphatic rings. The Labute approximate surface area is 263 Å². The summed E-state index contributed by atoms with van der Waals surface area (Å²) in [6.45, 7) is 1.47. The predicted octanol–water partition coefficient (Wildman–Crippen LogP) is 4.63. The molecule has 3 aromatic heterocycles. The van der Waals surface area contributed by atoms with Crippen LogP contribution in [0.1, 0.15) is 72.3 Å². The van der Waals surface area contributed by atoms with E-state index < -0.39 is 28.6 Å². The Morgan fingerprint density at radius 2 is 2.00 bits per heavy atom. The van der Waals surface area contributed by atoms with Crippen molar-refractivity contribution in [2.24, 2.45) is 11.7 Å². The highest BCUT2D eigenvalue weighted by Gasteiger charge is 2.48. The number of nitrogens with two attached hydrogens (primary N) is 1. The van der Waals surface area contributed by atoms with Gasteiger partial charge in [-0.05, 0) is 68.9 Å². The molecule has 4 N–H and O–H groups in total. The Kier molecular flexibility index (Phi) is 7.01. The Morgan fingerprint density at radius 3 is 2.64 bits per heavy atom. The van der Waals surface area contributed by atoms with Crippen molar-refractivity contribution in [3.63, 3.8) is 0 Å². The van der Waals surface area contributed by atoms with Crippen LogP contribution in [0.2, 0.25) is 5.02 Å². The monoisotopic (exact) mass is 633 g/mol. The number of hydrogen-bond donors (Lipinski definition) is 3. The molecule has 2 amide bonds. The van der Waals surface area contributed by atoms with Crippen LogP contribution in [0.5, 0.6) is 11.6 Å². The summed E-state index contributed by atoms with van der Waals surface area (Å²) in [4.78, 5) is 31.1. The Morgan fingerprint density at radius 1 is 1.22 bits per heavy atom. The zero-order valence-corrected chi connectivity index (χ0v) is 25.7. The first kappa shape index (κ1) is 29.5. The fourth-order valence-electron chi connectivity index (χ4n) is 6.24. The van der Waals surface area contributed by atoms with Gasteiger partial charge in [0.25, 0.3) is 5.91 Å². The lowest BCUT2D eigenvalue weighted by Gasteiger charge is -2.41. The molecule has 10 nitrogen and oxygen atoms in total. The number of methoxy groups -OCH3 is 1. The molecule has 2 atom stereocenters. The molecule has 234 valence electrons. The van der Waals surface area contributed by atoms with Gasteiger partial charge in [-0.1, -0.05) is 24.1 Å². The molecule has 0 saturated heterocycles. The number of primary amides is 1. The molecule has 4 heterocycles. The van der Waals surface area contributed by atoms with Gasteiger partial charge in [-0.15, -0.1) is 0 Å². The van der Waals surface area contributed by atoms with Gasteiger partial charge in [-0.2, -0.15) is 5.10 Å². The summed E-state index contributed by atoms with van der Waals surface area (Å²) in [5.74, 6) is -0.760. The minimum absolute atomic E-state index is 0.0359. The smallest absolute Gasteiger partial charge is 0.251 e. The van der Waals surface area contributed by atoms with E-state index in [4.69, 9.17) is 31.8 Å². The number of aromatic nitrogens is 3. The number of fused-ring (bicyclic) bond motifs is 2. The van der Waals surface area contributed by atoms with Gasteiger partial charge in [0.2, 0.25) is 11.8 Å². The maximum absolute atomic E-state index is 14.6. The summed E-state index contributed by atoms with van der Waals surface area (Å²) < 4.78 is 27.8. The number of nitrogens with one attached hydrogen (secondary N) is 1. The molecular weight excluding hydrogens is 601 g/mol. The second kappa shape index (κ2) is 10.7. The Bertz CT molecular complexity index is 1870. The number of nitrogens with zero attached hydrogens (tertiary/aromatic N) is 3. The average molecular weight is 634 g/mol. The quantitative estimate of drug-likeness (QED) is 0.244. The van der Waals surface area contributed by atoms with Crippen LogP contribution >= 0.6 is 11.6 Å². The van der Waals surface area contributed by atoms with Crippen LogP contribution in [0.15, 0.2) is 42.5 Å². The van der Waals surface area contributed by atoms with E-state index in [2.05, 4.69) is 10.4 Å². The molecule has 1 aromatic carbocycles. The molecule has 12 heteroatoms. The number of carbonyl (C=O) groups is 2. The van der Waals surface area contributed by atoms with Crippen LogP contribution in [-0.2, 0) is 15.8 Å². The molecule has 1 aliphatic heterocycles. The summed E-state index contributed by atoms with van der Waals surface area (Å²) >= 11 is 5.95. The first-order valence-electron chi connectivity index (χ1n) is 15.0. The van der Waals surface area contributed by atoms with Gasteiger partial charge in [0.15, 0.2) is 0 Å². The number of rotatable bonds is 9. The summed E-state index contributed by atoms with van der Waals surface area (Å²) in [7, 11) is 1.53. The molecule has 0 spiro atoms. The molecule has 4 aromatic rings. The maximum atomic E-state index is 14.6. The van der Waals surface area contributed by atoms with Crippen molar-refractivity contribution < 1.29 is 28.6 Å². The molecule has 7 rings (SSSR count). The third-order valence-corrected chi connectivity index (χ3v) is 9.87. The maximum Gasteiger partial charge on any atom is 0.251 e. The fourth-order valence-corrected chi connectivity index (χ4v) is 6.36. The second-order valence-corrected chi connectivity index (χ2v) is 13.0. The van der Waals surface area contributed by atoms with Crippen molar-refractivity contribution in [1.82, 2.24) is 19.9 Å². The van der Waals surface area contributed by atoms with E-state index in [1.807, 2.05) is 6.07 Å². The van der Waals surface area contributed by atoms with Crippen LogP contribution in [0.3, 0.4) is 0 Å². The van der Waals surface area contributed by atoms with Gasteiger partial charge in [0.1, 0.15) is 34.9 Å². The topological polar surface area (TPSA) is 141 Å². The van der Waals surface area contributed by atoms with E-state index in [1.165, 1.54) is 19.2 Å². The fraction of sp³-hybridized carbons (Fsp3) is 0.394. The predicted molar refractivity (Wildman–Crippen MR) is 164 cm³/mol. The second-order valence-electron chi connectivity index (χ2n) is 12.5. The highest BCUT2D eigenvalue weighted by atomic mass is 35.5. The van der Waals surface area contributed by atoms with Crippen molar-refractivity contribution >= 4 is 28.9 Å². The van der Waals surface area contributed by atoms with Crippen molar-refractivity contribution in [2.45, 2.75) is 56.0 Å². The first-order valence-corrected chi connectivity index (χ1v) is 15.4. The van der Waals surface area contributed by atoms with Crippen LogP contribution in [-0.4, -0.2) is 51.8 Å². The lowest BCUT2D eigenvalue weighted by Crippen LogP contribution is -2.49. The van der Waals surface area contributed by atoms with Crippen molar-refractivity contribution in [1.29, 1.82) is 0 Å². The van der Waals surface area contributed by atoms with Gasteiger partial charge in [-0.25, -0.2) is 13.9 Å². The van der Waals surface area contributed by atoms with Gasteiger partial charge >= 0.3 is 0 Å². The third-order valence-electron chi connectivity index (χ3n) is 9.57. The summed E-state index contributed by atoms with van der Waals surface area (Å²) in [5.41, 5.74) is 6.33. The standard InChI is InChI=1S/C33H33ClFN5O5/c1-32(31(36)42)16-45-29-22(32)14-26(38-28(29)18-8-9-23(34)24(35)11-18)33(43,20-4-3-5-20)15-37-30(41)19-10-21-13-25(17-6-7-17)39-40(21)27(12-19)44-2/h8-14,17,20,43H,3-7,15-16H2,1-2H3,(H2,36,42)(H,37,41)/t32-,33?/m0/s1. The van der Waals surface area contributed by atoms with E-state index in [1.54, 1.807) is 35.7 Å². The van der Waals surface area contributed by atoms with Crippen LogP contribution in [0, 0.1) is 11.7 Å². The van der Waals surface area contributed by atoms with Gasteiger partial charge < -0.3 is 25.6 Å². The van der Waals surface area contributed by atoms with Gasteiger partial charge in [0.05, 0.1) is 35.6 Å². The molecule has 45 heavy (non-hydrogen) atoms. The molecule has 2 fully saturated rings. The number of aliphatic hydroxyl groups is 1. The van der Waals surface area contributed by atoms with Gasteiger partial charge in [0, 0.05) is 28.7 Å². The summed E-state index contributed by atoms with van der Waals surface area (Å²) in [5, 5.41) is 19.9. The molecule has 1 unspecified atom stereocenters. The highest BCUT2D eigenvalue weighted by molar-refractivity contribution is 6.30. The SMILES string of the molecule is COc1cc(C(=O)NCC(O)(c2cc3c(c(-c4ccc(Cl)c(F)c4)n2)OC[C@]3(C)C(N)=O)C2CCC2)cc2cc(C3CC3)nn12. The Balaban J connectivity index is 1.27. The van der Waals surface area contributed by atoms with Crippen molar-refractivity contribution in [3.8, 4) is 22.9 Å². The highest BCUT2D eigenvalue weighted by Crippen LogP contribution is 2.49. The number of hydrogen-bond acceptors (Lipinski definition) is 7. The summed E-state index contributed by atoms with van der Waals surface area (Å²) in [6.07, 6.45) is 4.50. The third kappa shape index (κ3) is 4.89. The molecule has 2 saturated carbocycles. The number of amides is 2. The number of benzene rings is 1. The lowest BCUT2D eigenvalue weighted by molar-refractivity contribution is -0.123. The van der Waals surface area contributed by atoms with Crippen molar-refractivity contribution in [3.05, 3.63) is 75.8 Å². The van der Waals surface area contributed by atoms with E-state index in [0.29, 0.717) is 41.3 Å². The largest absolute Gasteiger partial charge is 0.489 e. The number of carbonyl (C=O) groups excluding carboxylic acids is 2. The van der Waals surface area contributed by atoms with Crippen LogP contribution < -0.4 is 20.5 Å². The van der Waals surface area contributed by atoms with E-state index >= 15 is 0 Å². The molecule has 0 radical (unpaired) electrons. The zero-order chi connectivity index (χ0) is 31.7. The first-order chi connectivity index (χ1) is 21.5. The Hall–Kier alpha value is -4.22. The minimum atomic E-state index is -1.62. The summed E-state index contributed by atoms with van der Waals surface area (Å²) in [6, 6.07) is 11.2. The lowest BCUT2D eigenvalue weighted by atomic mass is 9.70. The number of ether oxygens (including phenoxy) is 2. The van der Waals surface area contributed by atoms with Crippen molar-refractivity contribution in [2.75, 3.05) is 20.3 Å². The van der Waals surface area contributed by atoms with E-state index in [9.17, 15) is 19.1 Å². The molecule has 2 aliphatic carbocycles. The van der Waals surface area contributed by atoms with E-state index in [-0.39, 0.29) is 41.2 Å². The normalized spacial score (nSPS) is 20.6. The van der Waals surface area contributed by atoms with Gasteiger partial charge in [-0.3, -0.25) is 9.59 Å². The van der Waals surface area contributed by atoms with E-state index in [0.717, 1.165) is 30.5 Å². The molecule has 0 bridgehead atoms.